The van der Waals surface area contributed by atoms with Crippen molar-refractivity contribution in [2.75, 3.05) is 18.1 Å². The van der Waals surface area contributed by atoms with Crippen LogP contribution in [0.15, 0.2) is 10.7 Å². The first-order valence-electron chi connectivity index (χ1n) is 6.80. The number of aromatic nitrogens is 2. The largest absolute Gasteiger partial charge is 0.308 e. The minimum atomic E-state index is 0.441. The standard InChI is InChI=1S/C13H22BrN3S/c1-3-6-15-12(10-5-7-18-9-10)13-11(14)8-16-17(13)4-2/h8,10,12,15H,3-7,9H2,1-2H3. The fourth-order valence-electron chi connectivity index (χ4n) is 2.54. The van der Waals surface area contributed by atoms with Crippen LogP contribution in [0.2, 0.25) is 0 Å². The monoisotopic (exact) mass is 331 g/mol. The third-order valence-corrected chi connectivity index (χ3v) is 5.28. The van der Waals surface area contributed by atoms with Gasteiger partial charge < -0.3 is 5.32 Å². The van der Waals surface area contributed by atoms with Gasteiger partial charge in [-0.3, -0.25) is 4.68 Å². The summed E-state index contributed by atoms with van der Waals surface area (Å²) < 4.78 is 3.27. The predicted molar refractivity (Wildman–Crippen MR) is 82.1 cm³/mol. The van der Waals surface area contributed by atoms with Crippen LogP contribution in [-0.4, -0.2) is 27.8 Å². The Bertz CT molecular complexity index is 374. The zero-order chi connectivity index (χ0) is 13.0. The second-order valence-corrected chi connectivity index (χ2v) is 6.75. The summed E-state index contributed by atoms with van der Waals surface area (Å²) >= 11 is 5.74. The average molecular weight is 332 g/mol. The minimum absolute atomic E-state index is 0.441. The van der Waals surface area contributed by atoms with Crippen molar-refractivity contribution in [3.63, 3.8) is 0 Å². The van der Waals surface area contributed by atoms with Crippen molar-refractivity contribution in [3.05, 3.63) is 16.4 Å². The van der Waals surface area contributed by atoms with Crippen LogP contribution in [0.25, 0.3) is 0 Å². The van der Waals surface area contributed by atoms with E-state index >= 15 is 0 Å². The Kier molecular flexibility index (Phi) is 5.57. The summed E-state index contributed by atoms with van der Waals surface area (Å²) in [7, 11) is 0. The number of hydrogen-bond donors (Lipinski definition) is 1. The van der Waals surface area contributed by atoms with Crippen molar-refractivity contribution in [2.45, 2.75) is 39.3 Å². The van der Waals surface area contributed by atoms with Gasteiger partial charge in [-0.25, -0.2) is 0 Å². The zero-order valence-corrected chi connectivity index (χ0v) is 13.6. The Balaban J connectivity index is 2.23. The third-order valence-electron chi connectivity index (χ3n) is 3.48. The third kappa shape index (κ3) is 3.11. The maximum Gasteiger partial charge on any atom is 0.0698 e. The molecule has 1 N–H and O–H groups in total. The van der Waals surface area contributed by atoms with Crippen molar-refractivity contribution in [1.29, 1.82) is 0 Å². The first-order chi connectivity index (χ1) is 8.77. The smallest absolute Gasteiger partial charge is 0.0698 e. The predicted octanol–water partition coefficient (Wildman–Crippen LogP) is 3.46. The molecule has 3 nitrogen and oxygen atoms in total. The lowest BCUT2D eigenvalue weighted by Crippen LogP contribution is -2.31. The maximum absolute atomic E-state index is 4.46. The highest BCUT2D eigenvalue weighted by Crippen LogP contribution is 2.36. The first kappa shape index (κ1) is 14.4. The van der Waals surface area contributed by atoms with E-state index < -0.39 is 0 Å². The Morgan fingerprint density at radius 1 is 1.61 bits per heavy atom. The molecule has 0 aliphatic carbocycles. The topological polar surface area (TPSA) is 29.9 Å². The minimum Gasteiger partial charge on any atom is -0.308 e. The zero-order valence-electron chi connectivity index (χ0n) is 11.2. The molecule has 1 aromatic rings. The fourth-order valence-corrected chi connectivity index (χ4v) is 4.38. The van der Waals surface area contributed by atoms with Gasteiger partial charge in [-0.05, 0) is 59.7 Å². The van der Waals surface area contributed by atoms with Crippen molar-refractivity contribution >= 4 is 27.7 Å². The molecule has 0 bridgehead atoms. The van der Waals surface area contributed by atoms with Crippen LogP contribution >= 0.6 is 27.7 Å². The summed E-state index contributed by atoms with van der Waals surface area (Å²) in [6.45, 7) is 6.39. The van der Waals surface area contributed by atoms with Crippen molar-refractivity contribution in [3.8, 4) is 0 Å². The van der Waals surface area contributed by atoms with Crippen LogP contribution in [0.5, 0.6) is 0 Å². The normalized spacial score (nSPS) is 21.4. The molecule has 0 spiro atoms. The number of thioether (sulfide) groups is 1. The number of nitrogens with zero attached hydrogens (tertiary/aromatic N) is 2. The van der Waals surface area contributed by atoms with Gasteiger partial charge in [0.25, 0.3) is 0 Å². The molecule has 2 heterocycles. The first-order valence-corrected chi connectivity index (χ1v) is 8.75. The van der Waals surface area contributed by atoms with E-state index in [2.05, 4.69) is 56.6 Å². The van der Waals surface area contributed by atoms with E-state index in [4.69, 9.17) is 0 Å². The van der Waals surface area contributed by atoms with Crippen LogP contribution in [0, 0.1) is 5.92 Å². The molecule has 5 heteroatoms. The van der Waals surface area contributed by atoms with E-state index in [0.717, 1.165) is 23.5 Å². The van der Waals surface area contributed by atoms with Gasteiger partial charge in [0.05, 0.1) is 22.4 Å². The lowest BCUT2D eigenvalue weighted by molar-refractivity contribution is 0.368. The molecule has 2 atom stereocenters. The van der Waals surface area contributed by atoms with E-state index in [1.807, 2.05) is 6.20 Å². The van der Waals surface area contributed by atoms with E-state index in [1.54, 1.807) is 0 Å². The highest BCUT2D eigenvalue weighted by Gasteiger charge is 2.30. The van der Waals surface area contributed by atoms with E-state index in [-0.39, 0.29) is 0 Å². The van der Waals surface area contributed by atoms with Crippen molar-refractivity contribution < 1.29 is 0 Å². The summed E-state index contributed by atoms with van der Waals surface area (Å²) in [5, 5.41) is 8.18. The average Bonchev–Trinajstić information content (AvgIpc) is 3.01. The van der Waals surface area contributed by atoms with Crippen LogP contribution in [0.1, 0.15) is 38.4 Å². The van der Waals surface area contributed by atoms with Gasteiger partial charge in [-0.15, -0.1) is 0 Å². The van der Waals surface area contributed by atoms with Gasteiger partial charge in [0.1, 0.15) is 0 Å². The second-order valence-electron chi connectivity index (χ2n) is 4.75. The SMILES string of the molecule is CCCNC(c1c(Br)cnn1CC)C1CCSC1. The number of hydrogen-bond acceptors (Lipinski definition) is 3. The summed E-state index contributed by atoms with van der Waals surface area (Å²) in [6, 6.07) is 0.441. The number of halogens is 1. The molecular formula is C13H22BrN3S. The summed E-state index contributed by atoms with van der Waals surface area (Å²) in [5.74, 6) is 3.30. The Hall–Kier alpha value is -0.000000000000000111. The molecule has 0 amide bonds. The lowest BCUT2D eigenvalue weighted by atomic mass is 9.96. The van der Waals surface area contributed by atoms with Gasteiger partial charge in [-0.1, -0.05) is 6.92 Å². The van der Waals surface area contributed by atoms with Gasteiger partial charge in [0.2, 0.25) is 0 Å². The molecular weight excluding hydrogens is 310 g/mol. The molecule has 1 fully saturated rings. The molecule has 1 saturated heterocycles. The summed E-state index contributed by atoms with van der Waals surface area (Å²) in [5.41, 5.74) is 1.33. The Morgan fingerprint density at radius 3 is 3.06 bits per heavy atom. The van der Waals surface area contributed by atoms with Crippen LogP contribution in [0.4, 0.5) is 0 Å². The molecule has 0 radical (unpaired) electrons. The van der Waals surface area contributed by atoms with E-state index in [0.29, 0.717) is 6.04 Å². The summed E-state index contributed by atoms with van der Waals surface area (Å²) in [4.78, 5) is 0. The van der Waals surface area contributed by atoms with Gasteiger partial charge >= 0.3 is 0 Å². The Morgan fingerprint density at radius 2 is 2.44 bits per heavy atom. The second kappa shape index (κ2) is 6.96. The highest BCUT2D eigenvalue weighted by molar-refractivity contribution is 9.10. The summed E-state index contributed by atoms with van der Waals surface area (Å²) in [6.07, 6.45) is 4.42. The molecule has 1 aromatic heterocycles. The van der Waals surface area contributed by atoms with E-state index in [9.17, 15) is 0 Å². The molecule has 102 valence electrons. The maximum atomic E-state index is 4.46. The van der Waals surface area contributed by atoms with Crippen molar-refractivity contribution in [1.82, 2.24) is 15.1 Å². The molecule has 1 aliphatic rings. The highest BCUT2D eigenvalue weighted by atomic mass is 79.9. The van der Waals surface area contributed by atoms with Gasteiger partial charge in [0, 0.05) is 6.54 Å². The van der Waals surface area contributed by atoms with Gasteiger partial charge in [0.15, 0.2) is 0 Å². The molecule has 0 saturated carbocycles. The fraction of sp³-hybridized carbons (Fsp3) is 0.769. The van der Waals surface area contributed by atoms with E-state index in [1.165, 1.54) is 30.0 Å². The lowest BCUT2D eigenvalue weighted by Gasteiger charge is -2.25. The van der Waals surface area contributed by atoms with Crippen LogP contribution < -0.4 is 5.32 Å². The molecule has 2 rings (SSSR count). The molecule has 1 aliphatic heterocycles. The van der Waals surface area contributed by atoms with Crippen LogP contribution in [-0.2, 0) is 6.54 Å². The van der Waals surface area contributed by atoms with Crippen molar-refractivity contribution in [2.24, 2.45) is 5.92 Å². The number of nitrogens with one attached hydrogen (secondary N) is 1. The molecule has 18 heavy (non-hydrogen) atoms. The number of aryl methyl sites for hydroxylation is 1. The number of rotatable bonds is 6. The quantitative estimate of drug-likeness (QED) is 0.865. The molecule has 2 unspecified atom stereocenters. The molecule has 0 aromatic carbocycles. The van der Waals surface area contributed by atoms with Crippen LogP contribution in [0.3, 0.4) is 0 Å². The van der Waals surface area contributed by atoms with Gasteiger partial charge in [-0.2, -0.15) is 16.9 Å². The Labute approximate surface area is 122 Å².